The van der Waals surface area contributed by atoms with Crippen molar-refractivity contribution in [2.45, 2.75) is 25.4 Å². The largest absolute Gasteiger partial charge is 0.480 e. The Kier molecular flexibility index (Phi) is 6.85. The van der Waals surface area contributed by atoms with Crippen molar-refractivity contribution in [1.82, 2.24) is 25.3 Å². The third kappa shape index (κ3) is 5.30. The Labute approximate surface area is 213 Å². The number of hydrogen-bond donors (Lipinski definition) is 3. The number of rotatable bonds is 5. The number of hydrogen-bond acceptors (Lipinski definition) is 7. The number of carboxylic acid groups (broad SMARTS) is 1. The molecule has 1 amide bonds. The molecule has 0 bridgehead atoms. The fourth-order valence-corrected chi connectivity index (χ4v) is 4.45. The van der Waals surface area contributed by atoms with E-state index < -0.39 is 17.9 Å². The van der Waals surface area contributed by atoms with Crippen molar-refractivity contribution < 1.29 is 14.7 Å². The van der Waals surface area contributed by atoms with Crippen LogP contribution in [-0.2, 0) is 11.3 Å². The molecule has 4 aromatic rings. The summed E-state index contributed by atoms with van der Waals surface area (Å²) in [5, 5.41) is 9.97. The molecule has 37 heavy (non-hydrogen) atoms. The van der Waals surface area contributed by atoms with Gasteiger partial charge in [0, 0.05) is 47.2 Å². The fourth-order valence-electron chi connectivity index (χ4n) is 4.45. The van der Waals surface area contributed by atoms with Crippen molar-refractivity contribution in [2.24, 2.45) is 5.84 Å². The zero-order valence-corrected chi connectivity index (χ0v) is 19.9. The Hall–Kier alpha value is -4.65. The second-order valence-corrected chi connectivity index (χ2v) is 8.75. The molecule has 1 aliphatic heterocycles. The van der Waals surface area contributed by atoms with E-state index in [1.807, 2.05) is 41.3 Å². The molecule has 0 saturated carbocycles. The van der Waals surface area contributed by atoms with Crippen LogP contribution in [-0.4, -0.2) is 49.4 Å². The van der Waals surface area contributed by atoms with Gasteiger partial charge in [0.15, 0.2) is 0 Å². The third-order valence-electron chi connectivity index (χ3n) is 6.36. The molecule has 9 nitrogen and oxygen atoms in total. The number of nitrogens with zero attached hydrogens (tertiary/aromatic N) is 4. The number of amides is 1. The topological polar surface area (TPSA) is 134 Å². The highest BCUT2D eigenvalue weighted by Crippen LogP contribution is 2.25. The minimum Gasteiger partial charge on any atom is -0.480 e. The van der Waals surface area contributed by atoms with E-state index in [1.165, 1.54) is 0 Å². The number of likely N-dealkylation sites (tertiary alicyclic amines) is 1. The number of pyridine rings is 3. The quantitative estimate of drug-likeness (QED) is 0.168. The normalized spacial score (nSPS) is 15.2. The molecule has 1 fully saturated rings. The molecule has 0 aliphatic carbocycles. The number of nitrogens with two attached hydrogens (primary N) is 1. The Bertz CT molecular complexity index is 1520. The number of nitrogens with one attached hydrogen (secondary N) is 1. The van der Waals surface area contributed by atoms with Gasteiger partial charge < -0.3 is 5.11 Å². The first-order valence-corrected chi connectivity index (χ1v) is 11.8. The van der Waals surface area contributed by atoms with Crippen LogP contribution in [0.15, 0.2) is 67.1 Å². The van der Waals surface area contributed by atoms with Gasteiger partial charge >= 0.3 is 5.97 Å². The summed E-state index contributed by atoms with van der Waals surface area (Å²) >= 11 is 0. The highest BCUT2D eigenvalue weighted by molar-refractivity contribution is 6.06. The van der Waals surface area contributed by atoms with Crippen molar-refractivity contribution in [1.29, 1.82) is 0 Å². The molecule has 9 heteroatoms. The minimum absolute atomic E-state index is 0.402. The molecule has 0 unspecified atom stereocenters. The van der Waals surface area contributed by atoms with E-state index in [1.54, 1.807) is 30.7 Å². The Morgan fingerprint density at radius 2 is 1.86 bits per heavy atom. The molecule has 1 aromatic carbocycles. The highest BCUT2D eigenvalue weighted by atomic mass is 16.4. The zero-order valence-electron chi connectivity index (χ0n) is 19.9. The summed E-state index contributed by atoms with van der Waals surface area (Å²) in [6.07, 6.45) is 6.49. The first-order chi connectivity index (χ1) is 18.0. The smallest absolute Gasteiger partial charge is 0.320 e. The summed E-state index contributed by atoms with van der Waals surface area (Å²) in [6, 6.07) is 14.4. The van der Waals surface area contributed by atoms with Gasteiger partial charge in [0.2, 0.25) is 0 Å². The molecule has 3 aromatic heterocycles. The molecule has 4 heterocycles. The predicted molar refractivity (Wildman–Crippen MR) is 138 cm³/mol. The maximum atomic E-state index is 12.3. The second kappa shape index (κ2) is 10.5. The van der Waals surface area contributed by atoms with Crippen LogP contribution in [0.3, 0.4) is 0 Å². The van der Waals surface area contributed by atoms with E-state index in [0.717, 1.165) is 35.3 Å². The van der Waals surface area contributed by atoms with Crippen molar-refractivity contribution in [3.8, 4) is 23.1 Å². The lowest BCUT2D eigenvalue weighted by Gasteiger charge is -2.20. The van der Waals surface area contributed by atoms with E-state index in [-0.39, 0.29) is 0 Å². The van der Waals surface area contributed by atoms with E-state index >= 15 is 0 Å². The summed E-state index contributed by atoms with van der Waals surface area (Å²) in [4.78, 5) is 38.8. The molecule has 0 radical (unpaired) electrons. The van der Waals surface area contributed by atoms with Crippen LogP contribution in [0.25, 0.3) is 22.2 Å². The SMILES string of the molecule is NNC(=O)c1cc(-c2ccc(C#Cc3ccc(CN4CCC[C@@H]4C(=O)O)nc3)cc2)nc2ccncc12. The van der Waals surface area contributed by atoms with Gasteiger partial charge in [-0.3, -0.25) is 29.9 Å². The molecular weight excluding hydrogens is 468 g/mol. The van der Waals surface area contributed by atoms with Crippen molar-refractivity contribution in [3.63, 3.8) is 0 Å². The van der Waals surface area contributed by atoms with Gasteiger partial charge in [-0.1, -0.05) is 24.0 Å². The van der Waals surface area contributed by atoms with Crippen LogP contribution < -0.4 is 11.3 Å². The number of benzene rings is 1. The van der Waals surface area contributed by atoms with Crippen molar-refractivity contribution in [3.05, 3.63) is 89.5 Å². The average Bonchev–Trinajstić information content (AvgIpc) is 3.40. The highest BCUT2D eigenvalue weighted by Gasteiger charge is 2.30. The standard InChI is InChI=1S/C28H24N6O3/c29-33-27(35)22-14-25(32-24-11-12-30-16-23(22)24)20-8-5-18(6-9-20)3-4-19-7-10-21(31-15-19)17-34-13-1-2-26(34)28(36)37/h5-12,14-16,26H,1-2,13,17,29H2,(H,33,35)(H,36,37)/t26-/m1/s1. The summed E-state index contributed by atoms with van der Waals surface area (Å²) in [5.41, 5.74) is 7.11. The number of carbonyl (C=O) groups is 2. The third-order valence-corrected chi connectivity index (χ3v) is 6.36. The van der Waals surface area contributed by atoms with Crippen LogP contribution in [0.2, 0.25) is 0 Å². The summed E-state index contributed by atoms with van der Waals surface area (Å²) in [7, 11) is 0. The summed E-state index contributed by atoms with van der Waals surface area (Å²) in [5.74, 6) is 10.4. The van der Waals surface area contributed by atoms with E-state index in [9.17, 15) is 14.7 Å². The van der Waals surface area contributed by atoms with Gasteiger partial charge in [-0.25, -0.2) is 10.8 Å². The van der Waals surface area contributed by atoms with Gasteiger partial charge in [-0.2, -0.15) is 0 Å². The lowest BCUT2D eigenvalue weighted by molar-refractivity contribution is -0.142. The van der Waals surface area contributed by atoms with Crippen LogP contribution >= 0.6 is 0 Å². The zero-order chi connectivity index (χ0) is 25.8. The van der Waals surface area contributed by atoms with Crippen LogP contribution in [0.1, 0.15) is 40.0 Å². The van der Waals surface area contributed by atoms with E-state index in [2.05, 4.69) is 32.2 Å². The van der Waals surface area contributed by atoms with Crippen LogP contribution in [0.4, 0.5) is 0 Å². The molecule has 5 rings (SSSR count). The molecule has 0 spiro atoms. The number of aromatic nitrogens is 3. The molecule has 1 aliphatic rings. The van der Waals surface area contributed by atoms with Crippen LogP contribution in [0.5, 0.6) is 0 Å². The number of carbonyl (C=O) groups excluding carboxylic acids is 1. The minimum atomic E-state index is -0.777. The second-order valence-electron chi connectivity index (χ2n) is 8.75. The van der Waals surface area contributed by atoms with E-state index in [0.29, 0.717) is 35.1 Å². The van der Waals surface area contributed by atoms with Gasteiger partial charge in [-0.05, 0) is 55.8 Å². The Morgan fingerprint density at radius 3 is 2.59 bits per heavy atom. The maximum absolute atomic E-state index is 12.3. The molecule has 184 valence electrons. The molecule has 4 N–H and O–H groups in total. The fraction of sp³-hybridized carbons (Fsp3) is 0.179. The molecular formula is C28H24N6O3. The Morgan fingerprint density at radius 1 is 1.08 bits per heavy atom. The van der Waals surface area contributed by atoms with Gasteiger partial charge in [-0.15, -0.1) is 0 Å². The number of hydrazine groups is 1. The number of fused-ring (bicyclic) bond motifs is 1. The lowest BCUT2D eigenvalue weighted by Crippen LogP contribution is -2.35. The Balaban J connectivity index is 1.31. The summed E-state index contributed by atoms with van der Waals surface area (Å²) < 4.78 is 0. The van der Waals surface area contributed by atoms with Crippen LogP contribution in [0, 0.1) is 11.8 Å². The monoisotopic (exact) mass is 492 g/mol. The summed E-state index contributed by atoms with van der Waals surface area (Å²) in [6.45, 7) is 1.28. The molecule has 1 atom stereocenters. The average molecular weight is 493 g/mol. The first-order valence-electron chi connectivity index (χ1n) is 11.8. The number of aliphatic carboxylic acids is 1. The van der Waals surface area contributed by atoms with Gasteiger partial charge in [0.05, 0.1) is 22.5 Å². The van der Waals surface area contributed by atoms with Crippen molar-refractivity contribution in [2.75, 3.05) is 6.54 Å². The van der Waals surface area contributed by atoms with Gasteiger partial charge in [0.1, 0.15) is 6.04 Å². The first kappa shape index (κ1) is 24.1. The number of carboxylic acids is 1. The van der Waals surface area contributed by atoms with Crippen molar-refractivity contribution >= 4 is 22.8 Å². The lowest BCUT2D eigenvalue weighted by atomic mass is 10.0. The number of nitrogen functional groups attached to an aromatic ring is 1. The van der Waals surface area contributed by atoms with E-state index in [4.69, 9.17) is 5.84 Å². The van der Waals surface area contributed by atoms with Gasteiger partial charge in [0.25, 0.3) is 5.91 Å². The maximum Gasteiger partial charge on any atom is 0.320 e. The molecule has 1 saturated heterocycles. The predicted octanol–water partition coefficient (Wildman–Crippen LogP) is 2.74.